The van der Waals surface area contributed by atoms with Gasteiger partial charge in [0.15, 0.2) is 0 Å². The molecule has 0 aliphatic heterocycles. The number of fused-ring (bicyclic) bond motifs is 1. The van der Waals surface area contributed by atoms with Crippen LogP contribution in [0.15, 0.2) is 47.6 Å². The molecule has 0 spiro atoms. The van der Waals surface area contributed by atoms with Crippen molar-refractivity contribution in [3.8, 4) is 0 Å². The Morgan fingerprint density at radius 1 is 1.21 bits per heavy atom. The fraction of sp³-hybridized carbons (Fsp3) is 0.429. The van der Waals surface area contributed by atoms with Crippen LogP contribution in [-0.2, 0) is 4.79 Å². The first-order valence-electron chi connectivity index (χ1n) is 9.92. The summed E-state index contributed by atoms with van der Waals surface area (Å²) in [6.45, 7) is 4.57. The van der Waals surface area contributed by atoms with Gasteiger partial charge in [-0.2, -0.15) is 0 Å². The molecular formula is C21H25N5OS. The predicted molar refractivity (Wildman–Crippen MR) is 113 cm³/mol. The fourth-order valence-corrected chi connectivity index (χ4v) is 4.88. The highest BCUT2D eigenvalue weighted by molar-refractivity contribution is 8.00. The van der Waals surface area contributed by atoms with E-state index in [4.69, 9.17) is 0 Å². The van der Waals surface area contributed by atoms with Crippen LogP contribution in [0.2, 0.25) is 0 Å². The molecular weight excluding hydrogens is 370 g/mol. The van der Waals surface area contributed by atoms with Gasteiger partial charge >= 0.3 is 0 Å². The lowest BCUT2D eigenvalue weighted by molar-refractivity contribution is -0.117. The standard InChI is InChI=1S/C21H25N5OS/c1-3-25(19-14-8-10-16-9-4-7-13-18(16)19)20(27)15(2)28-21-22-23-24-26(21)17-11-5-6-12-17/h4,7-10,13-15,17H,3,5-6,11-12H2,1-2H3/t15-/m1/s1. The number of aromatic nitrogens is 4. The number of amides is 1. The molecule has 4 rings (SSSR count). The third-order valence-electron chi connectivity index (χ3n) is 5.40. The van der Waals surface area contributed by atoms with Crippen molar-refractivity contribution in [3.63, 3.8) is 0 Å². The third-order valence-corrected chi connectivity index (χ3v) is 6.44. The van der Waals surface area contributed by atoms with Crippen molar-refractivity contribution < 1.29 is 4.79 Å². The number of carbonyl (C=O) groups excluding carboxylic acids is 1. The van der Waals surface area contributed by atoms with Crippen LogP contribution in [0.3, 0.4) is 0 Å². The zero-order valence-corrected chi connectivity index (χ0v) is 17.1. The van der Waals surface area contributed by atoms with Gasteiger partial charge in [-0.3, -0.25) is 4.79 Å². The third kappa shape index (κ3) is 3.63. The lowest BCUT2D eigenvalue weighted by Crippen LogP contribution is -2.36. The molecule has 0 bridgehead atoms. The lowest BCUT2D eigenvalue weighted by atomic mass is 10.1. The molecule has 3 aromatic rings. The van der Waals surface area contributed by atoms with Crippen LogP contribution in [0.5, 0.6) is 0 Å². The van der Waals surface area contributed by atoms with E-state index in [1.165, 1.54) is 24.6 Å². The van der Waals surface area contributed by atoms with Crippen LogP contribution in [-0.4, -0.2) is 37.9 Å². The van der Waals surface area contributed by atoms with Gasteiger partial charge in [0.25, 0.3) is 0 Å². The maximum absolute atomic E-state index is 13.3. The Labute approximate surface area is 169 Å². The van der Waals surface area contributed by atoms with E-state index >= 15 is 0 Å². The van der Waals surface area contributed by atoms with Gasteiger partial charge in [0, 0.05) is 11.9 Å². The first-order valence-corrected chi connectivity index (χ1v) is 10.8. The van der Waals surface area contributed by atoms with Crippen LogP contribution in [0.1, 0.15) is 45.6 Å². The summed E-state index contributed by atoms with van der Waals surface area (Å²) in [4.78, 5) is 15.2. The molecule has 0 N–H and O–H groups in total. The van der Waals surface area contributed by atoms with Crippen LogP contribution in [0, 0.1) is 0 Å². The van der Waals surface area contributed by atoms with Crippen LogP contribution < -0.4 is 4.90 Å². The number of carbonyl (C=O) groups is 1. The molecule has 1 aliphatic carbocycles. The molecule has 146 valence electrons. The van der Waals surface area contributed by atoms with Gasteiger partial charge in [-0.05, 0) is 48.6 Å². The highest BCUT2D eigenvalue weighted by Crippen LogP contribution is 2.34. The van der Waals surface area contributed by atoms with Crippen molar-refractivity contribution >= 4 is 34.1 Å². The van der Waals surface area contributed by atoms with Crippen LogP contribution >= 0.6 is 11.8 Å². The molecule has 2 aromatic carbocycles. The molecule has 7 heteroatoms. The summed E-state index contributed by atoms with van der Waals surface area (Å²) < 4.78 is 1.91. The van der Waals surface area contributed by atoms with E-state index in [1.807, 2.05) is 47.7 Å². The van der Waals surface area contributed by atoms with E-state index in [9.17, 15) is 4.79 Å². The Morgan fingerprint density at radius 3 is 2.75 bits per heavy atom. The average molecular weight is 396 g/mol. The summed E-state index contributed by atoms with van der Waals surface area (Å²) in [5.41, 5.74) is 0.952. The van der Waals surface area contributed by atoms with Gasteiger partial charge in [0.05, 0.1) is 17.0 Å². The fourth-order valence-electron chi connectivity index (χ4n) is 3.96. The summed E-state index contributed by atoms with van der Waals surface area (Å²) in [5.74, 6) is 0.0739. The van der Waals surface area contributed by atoms with Gasteiger partial charge in [0.1, 0.15) is 0 Å². The van der Waals surface area contributed by atoms with E-state index in [0.717, 1.165) is 34.5 Å². The van der Waals surface area contributed by atoms with E-state index < -0.39 is 0 Å². The number of hydrogen-bond acceptors (Lipinski definition) is 5. The predicted octanol–water partition coefficient (Wildman–Crippen LogP) is 4.48. The molecule has 0 radical (unpaired) electrons. The van der Waals surface area contributed by atoms with Gasteiger partial charge in [-0.15, -0.1) is 5.10 Å². The van der Waals surface area contributed by atoms with Gasteiger partial charge < -0.3 is 4.90 Å². The van der Waals surface area contributed by atoms with Gasteiger partial charge in [-0.25, -0.2) is 4.68 Å². The smallest absolute Gasteiger partial charge is 0.240 e. The topological polar surface area (TPSA) is 63.9 Å². The summed E-state index contributed by atoms with van der Waals surface area (Å²) in [6, 6.07) is 14.6. The highest BCUT2D eigenvalue weighted by atomic mass is 32.2. The minimum absolute atomic E-state index is 0.0739. The number of nitrogens with zero attached hydrogens (tertiary/aromatic N) is 5. The van der Waals surface area contributed by atoms with Crippen molar-refractivity contribution in [3.05, 3.63) is 42.5 Å². The Bertz CT molecular complexity index is 961. The minimum Gasteiger partial charge on any atom is -0.311 e. The van der Waals surface area contributed by atoms with Gasteiger partial charge in [0.2, 0.25) is 11.1 Å². The maximum Gasteiger partial charge on any atom is 0.240 e. The summed E-state index contributed by atoms with van der Waals surface area (Å²) >= 11 is 1.45. The normalized spacial score (nSPS) is 15.8. The van der Waals surface area contributed by atoms with Crippen LogP contribution in [0.25, 0.3) is 10.8 Å². The average Bonchev–Trinajstić information content (AvgIpc) is 3.40. The summed E-state index contributed by atoms with van der Waals surface area (Å²) in [7, 11) is 0. The van der Waals surface area contributed by atoms with E-state index in [-0.39, 0.29) is 11.2 Å². The van der Waals surface area contributed by atoms with Crippen molar-refractivity contribution in [2.75, 3.05) is 11.4 Å². The SMILES string of the molecule is CCN(C(=O)[C@@H](C)Sc1nnnn1C1CCCC1)c1cccc2ccccc12. The second-order valence-electron chi connectivity index (χ2n) is 7.19. The van der Waals surface area contributed by atoms with E-state index in [0.29, 0.717) is 12.6 Å². The Kier molecular flexibility index (Phi) is 5.62. The Balaban J connectivity index is 1.56. The number of tetrazole rings is 1. The number of benzene rings is 2. The van der Waals surface area contributed by atoms with Crippen molar-refractivity contribution in [2.24, 2.45) is 0 Å². The Morgan fingerprint density at radius 2 is 1.96 bits per heavy atom. The first kappa shape index (κ1) is 18.9. The van der Waals surface area contributed by atoms with Crippen LogP contribution in [0.4, 0.5) is 5.69 Å². The second kappa shape index (κ2) is 8.31. The monoisotopic (exact) mass is 395 g/mol. The van der Waals surface area contributed by atoms with E-state index in [1.54, 1.807) is 0 Å². The van der Waals surface area contributed by atoms with E-state index in [2.05, 4.69) is 33.7 Å². The molecule has 1 amide bonds. The van der Waals surface area contributed by atoms with Gasteiger partial charge in [-0.1, -0.05) is 61.0 Å². The molecule has 1 heterocycles. The first-order chi connectivity index (χ1) is 13.7. The van der Waals surface area contributed by atoms with Crippen molar-refractivity contribution in [2.45, 2.75) is 56.0 Å². The second-order valence-corrected chi connectivity index (χ2v) is 8.49. The lowest BCUT2D eigenvalue weighted by Gasteiger charge is -2.25. The summed E-state index contributed by atoms with van der Waals surface area (Å²) in [6.07, 6.45) is 4.65. The molecule has 1 atom stereocenters. The molecule has 1 fully saturated rings. The molecule has 1 aromatic heterocycles. The quantitative estimate of drug-likeness (QED) is 0.576. The molecule has 0 unspecified atom stereocenters. The van der Waals surface area contributed by atoms with Crippen molar-refractivity contribution in [1.29, 1.82) is 0 Å². The molecule has 6 nitrogen and oxygen atoms in total. The summed E-state index contributed by atoms with van der Waals surface area (Å²) in [5, 5.41) is 14.9. The molecule has 0 saturated heterocycles. The minimum atomic E-state index is -0.273. The number of rotatable bonds is 6. The zero-order valence-electron chi connectivity index (χ0n) is 16.3. The maximum atomic E-state index is 13.3. The zero-order chi connectivity index (χ0) is 19.5. The van der Waals surface area contributed by atoms with Crippen molar-refractivity contribution in [1.82, 2.24) is 20.2 Å². The largest absolute Gasteiger partial charge is 0.311 e. The molecule has 28 heavy (non-hydrogen) atoms. The number of thioether (sulfide) groups is 1. The molecule has 1 aliphatic rings. The highest BCUT2D eigenvalue weighted by Gasteiger charge is 2.27. The number of hydrogen-bond donors (Lipinski definition) is 0. The Hall–Kier alpha value is -2.41. The molecule has 1 saturated carbocycles. The number of anilines is 1.